The zero-order valence-electron chi connectivity index (χ0n) is 17.0. The summed E-state index contributed by atoms with van der Waals surface area (Å²) in [7, 11) is 1.82. The van der Waals surface area contributed by atoms with Crippen molar-refractivity contribution in [3.63, 3.8) is 0 Å². The molecule has 2 N–H and O–H groups in total. The average Bonchev–Trinajstić information content (AvgIpc) is 3.37. The summed E-state index contributed by atoms with van der Waals surface area (Å²) in [6, 6.07) is 5.70. The van der Waals surface area contributed by atoms with E-state index in [9.17, 15) is 9.59 Å². The topological polar surface area (TPSA) is 109 Å². The van der Waals surface area contributed by atoms with Gasteiger partial charge in [-0.05, 0) is 39.0 Å². The molecule has 1 amide bonds. The Kier molecular flexibility index (Phi) is 6.26. The lowest BCUT2D eigenvalue weighted by atomic mass is 10.1. The molecule has 0 unspecified atom stereocenters. The average molecular weight is 416 g/mol. The molecule has 0 bridgehead atoms. The number of ketones is 1. The maximum absolute atomic E-state index is 13.1. The van der Waals surface area contributed by atoms with E-state index in [-0.39, 0.29) is 23.4 Å². The van der Waals surface area contributed by atoms with Crippen LogP contribution in [0.25, 0.3) is 0 Å². The molecule has 0 saturated carbocycles. The standard InChI is InChI=1S/C20H25N5O3S/c1-12-10-16(13(2)25(12)11-15-6-5-9-28-15)19(27)14(3)29-20-23-22-18(24(20)4)8-7-17(21)26/h5-6,9-10,14H,7-8,11H2,1-4H3,(H2,21,26)/t14-/m1/s1. The van der Waals surface area contributed by atoms with Crippen LogP contribution in [0.4, 0.5) is 0 Å². The molecule has 0 radical (unpaired) electrons. The van der Waals surface area contributed by atoms with Crippen LogP contribution in [0.1, 0.15) is 46.7 Å². The summed E-state index contributed by atoms with van der Waals surface area (Å²) >= 11 is 1.35. The molecule has 3 heterocycles. The number of carbonyl (C=O) groups excluding carboxylic acids is 2. The molecule has 3 aromatic rings. The van der Waals surface area contributed by atoms with Crippen molar-refractivity contribution in [3.05, 3.63) is 53.0 Å². The smallest absolute Gasteiger partial charge is 0.217 e. The third kappa shape index (κ3) is 4.61. The number of carbonyl (C=O) groups is 2. The summed E-state index contributed by atoms with van der Waals surface area (Å²) in [5.41, 5.74) is 7.82. The molecule has 0 aliphatic carbocycles. The molecule has 154 valence electrons. The van der Waals surface area contributed by atoms with E-state index in [1.165, 1.54) is 11.8 Å². The van der Waals surface area contributed by atoms with Gasteiger partial charge in [0.15, 0.2) is 10.9 Å². The minimum atomic E-state index is -0.379. The van der Waals surface area contributed by atoms with Gasteiger partial charge in [-0.25, -0.2) is 0 Å². The number of thioether (sulfide) groups is 1. The maximum Gasteiger partial charge on any atom is 0.217 e. The summed E-state index contributed by atoms with van der Waals surface area (Å²) in [4.78, 5) is 24.1. The van der Waals surface area contributed by atoms with Crippen LogP contribution >= 0.6 is 11.8 Å². The molecule has 3 aromatic heterocycles. The third-order valence-electron chi connectivity index (χ3n) is 4.90. The van der Waals surface area contributed by atoms with E-state index in [4.69, 9.17) is 10.2 Å². The molecule has 0 aromatic carbocycles. The summed E-state index contributed by atoms with van der Waals surface area (Å²) < 4.78 is 9.32. The van der Waals surface area contributed by atoms with Gasteiger partial charge in [0, 0.05) is 36.8 Å². The predicted octanol–water partition coefficient (Wildman–Crippen LogP) is 2.66. The summed E-state index contributed by atoms with van der Waals surface area (Å²) in [6.45, 7) is 6.39. The number of Topliss-reactive ketones (excluding diaryl/α,β-unsaturated/α-hetero) is 1. The second kappa shape index (κ2) is 8.69. The second-order valence-electron chi connectivity index (χ2n) is 7.00. The predicted molar refractivity (Wildman–Crippen MR) is 110 cm³/mol. The molecule has 0 spiro atoms. The minimum absolute atomic E-state index is 0.0375. The van der Waals surface area contributed by atoms with Crippen molar-refractivity contribution >= 4 is 23.5 Å². The first-order valence-corrected chi connectivity index (χ1v) is 10.2. The maximum atomic E-state index is 13.1. The number of primary amides is 1. The molecule has 1 atom stereocenters. The lowest BCUT2D eigenvalue weighted by molar-refractivity contribution is -0.118. The zero-order valence-corrected chi connectivity index (χ0v) is 17.8. The van der Waals surface area contributed by atoms with Crippen LogP contribution in [0.15, 0.2) is 34.0 Å². The number of aryl methyl sites for hydroxylation is 2. The van der Waals surface area contributed by atoms with Crippen LogP contribution in [-0.4, -0.2) is 36.3 Å². The molecule has 0 aliphatic heterocycles. The largest absolute Gasteiger partial charge is 0.467 e. The van der Waals surface area contributed by atoms with E-state index in [1.54, 1.807) is 10.8 Å². The first kappa shape index (κ1) is 20.9. The van der Waals surface area contributed by atoms with Crippen molar-refractivity contribution in [1.82, 2.24) is 19.3 Å². The van der Waals surface area contributed by atoms with Gasteiger partial charge < -0.3 is 19.3 Å². The van der Waals surface area contributed by atoms with Crippen molar-refractivity contribution in [3.8, 4) is 0 Å². The number of hydrogen-bond acceptors (Lipinski definition) is 6. The number of nitrogens with two attached hydrogens (primary N) is 1. The highest BCUT2D eigenvalue weighted by Crippen LogP contribution is 2.27. The molecule has 0 aliphatic rings. The van der Waals surface area contributed by atoms with Crippen molar-refractivity contribution in [1.29, 1.82) is 0 Å². The summed E-state index contributed by atoms with van der Waals surface area (Å²) in [6.07, 6.45) is 2.29. The van der Waals surface area contributed by atoms with Gasteiger partial charge in [-0.15, -0.1) is 10.2 Å². The Morgan fingerprint density at radius 3 is 2.72 bits per heavy atom. The number of hydrogen-bond donors (Lipinski definition) is 1. The van der Waals surface area contributed by atoms with E-state index in [0.717, 1.165) is 17.1 Å². The first-order valence-electron chi connectivity index (χ1n) is 9.34. The Morgan fingerprint density at radius 1 is 1.31 bits per heavy atom. The van der Waals surface area contributed by atoms with E-state index in [1.807, 2.05) is 46.0 Å². The van der Waals surface area contributed by atoms with Crippen LogP contribution in [0.2, 0.25) is 0 Å². The summed E-state index contributed by atoms with van der Waals surface area (Å²) in [5, 5.41) is 8.57. The van der Waals surface area contributed by atoms with E-state index >= 15 is 0 Å². The van der Waals surface area contributed by atoms with Crippen LogP contribution in [-0.2, 0) is 24.8 Å². The highest BCUT2D eigenvalue weighted by Gasteiger charge is 2.24. The van der Waals surface area contributed by atoms with Crippen LogP contribution in [0.3, 0.4) is 0 Å². The zero-order chi connectivity index (χ0) is 21.1. The lowest BCUT2D eigenvalue weighted by Gasteiger charge is -2.11. The van der Waals surface area contributed by atoms with Gasteiger partial charge in [0.25, 0.3) is 0 Å². The van der Waals surface area contributed by atoms with E-state index in [2.05, 4.69) is 14.8 Å². The van der Waals surface area contributed by atoms with Gasteiger partial charge in [0.2, 0.25) is 5.91 Å². The molecule has 9 heteroatoms. The molecule has 0 saturated heterocycles. The SMILES string of the molecule is Cc1cc(C(=O)[C@@H](C)Sc2nnc(CCC(N)=O)n2C)c(C)n1Cc1ccco1. The quantitative estimate of drug-likeness (QED) is 0.425. The van der Waals surface area contributed by atoms with Crippen molar-refractivity contribution < 1.29 is 14.0 Å². The van der Waals surface area contributed by atoms with Crippen LogP contribution in [0.5, 0.6) is 0 Å². The van der Waals surface area contributed by atoms with Crippen LogP contribution in [0, 0.1) is 13.8 Å². The number of amides is 1. The molecule has 29 heavy (non-hydrogen) atoms. The minimum Gasteiger partial charge on any atom is -0.467 e. The Morgan fingerprint density at radius 2 is 2.07 bits per heavy atom. The fraction of sp³-hybridized carbons (Fsp3) is 0.400. The Hall–Kier alpha value is -2.81. The van der Waals surface area contributed by atoms with Crippen molar-refractivity contribution in [2.75, 3.05) is 0 Å². The van der Waals surface area contributed by atoms with Crippen molar-refractivity contribution in [2.24, 2.45) is 12.8 Å². The van der Waals surface area contributed by atoms with Crippen LogP contribution < -0.4 is 5.73 Å². The van der Waals surface area contributed by atoms with E-state index < -0.39 is 0 Å². The van der Waals surface area contributed by atoms with E-state index in [0.29, 0.717) is 29.5 Å². The highest BCUT2D eigenvalue weighted by molar-refractivity contribution is 8.00. The molecule has 8 nitrogen and oxygen atoms in total. The van der Waals surface area contributed by atoms with Gasteiger partial charge in [-0.1, -0.05) is 11.8 Å². The molecular formula is C20H25N5O3S. The normalized spacial score (nSPS) is 12.3. The Balaban J connectivity index is 1.73. The van der Waals surface area contributed by atoms with Gasteiger partial charge in [-0.3, -0.25) is 9.59 Å². The monoisotopic (exact) mass is 415 g/mol. The van der Waals surface area contributed by atoms with Gasteiger partial charge in [-0.2, -0.15) is 0 Å². The fourth-order valence-corrected chi connectivity index (χ4v) is 4.08. The third-order valence-corrected chi connectivity index (χ3v) is 6.04. The van der Waals surface area contributed by atoms with Gasteiger partial charge in [0.05, 0.1) is 18.1 Å². The number of furan rings is 1. The molecule has 0 fully saturated rings. The molecular weight excluding hydrogens is 390 g/mol. The number of rotatable bonds is 9. The highest BCUT2D eigenvalue weighted by atomic mass is 32.2. The molecule has 3 rings (SSSR count). The van der Waals surface area contributed by atoms with Crippen molar-refractivity contribution in [2.45, 2.75) is 50.6 Å². The number of aromatic nitrogens is 4. The lowest BCUT2D eigenvalue weighted by Crippen LogP contribution is -2.16. The van der Waals surface area contributed by atoms with Gasteiger partial charge >= 0.3 is 0 Å². The number of nitrogens with zero attached hydrogens (tertiary/aromatic N) is 4. The fourth-order valence-electron chi connectivity index (χ4n) is 3.18. The Labute approximate surface area is 173 Å². The Bertz CT molecular complexity index is 1020. The second-order valence-corrected chi connectivity index (χ2v) is 8.31. The summed E-state index contributed by atoms with van der Waals surface area (Å²) in [5.74, 6) is 1.17. The first-order chi connectivity index (χ1) is 13.8. The van der Waals surface area contributed by atoms with Gasteiger partial charge in [0.1, 0.15) is 11.6 Å².